The monoisotopic (exact) mass is 478 g/mol. The van der Waals surface area contributed by atoms with E-state index in [1.807, 2.05) is 27.7 Å². The highest BCUT2D eigenvalue weighted by atomic mass is 16.4. The van der Waals surface area contributed by atoms with Crippen LogP contribution in [-0.2, 0) is 25.6 Å². The third-order valence-electron chi connectivity index (χ3n) is 5.14. The van der Waals surface area contributed by atoms with Gasteiger partial charge in [-0.3, -0.25) is 14.4 Å². The molecule has 7 N–H and O–H groups in total. The van der Waals surface area contributed by atoms with Crippen LogP contribution in [0.1, 0.15) is 53.0 Å². The lowest BCUT2D eigenvalue weighted by molar-refractivity contribution is -0.142. The number of carbonyl (C=O) groups excluding carboxylic acids is 3. The van der Waals surface area contributed by atoms with Gasteiger partial charge in [-0.15, -0.1) is 0 Å². The molecule has 0 spiro atoms. The molecule has 0 radical (unpaired) electrons. The second kappa shape index (κ2) is 13.5. The molecule has 34 heavy (non-hydrogen) atoms. The topological polar surface area (TPSA) is 171 Å². The number of nitrogens with one attached hydrogen (secondary N) is 3. The normalized spacial score (nSPS) is 14.7. The van der Waals surface area contributed by atoms with Gasteiger partial charge >= 0.3 is 5.97 Å². The van der Waals surface area contributed by atoms with E-state index in [0.29, 0.717) is 18.4 Å². The molecular formula is C24H38N4O6. The summed E-state index contributed by atoms with van der Waals surface area (Å²) in [6, 6.07) is 2.08. The molecular weight excluding hydrogens is 440 g/mol. The van der Waals surface area contributed by atoms with Crippen molar-refractivity contribution in [2.45, 2.75) is 78.0 Å². The third kappa shape index (κ3) is 10.2. The number of hydrogen-bond donors (Lipinski definition) is 6. The molecule has 1 rings (SSSR count). The Kier molecular flexibility index (Phi) is 11.5. The molecule has 4 atom stereocenters. The SMILES string of the molecule is CC(C)CC(N)C(=O)NC(CC(C)C)C(=O)NC(C)C(=O)NC(Cc1ccc(O)cc1)C(=O)O. The van der Waals surface area contributed by atoms with E-state index in [4.69, 9.17) is 5.73 Å². The van der Waals surface area contributed by atoms with E-state index in [9.17, 15) is 29.4 Å². The number of aromatic hydroxyl groups is 1. The van der Waals surface area contributed by atoms with Crippen LogP contribution in [0.15, 0.2) is 24.3 Å². The number of nitrogens with two attached hydrogens (primary N) is 1. The summed E-state index contributed by atoms with van der Waals surface area (Å²) in [6.07, 6.45) is 0.818. The summed E-state index contributed by atoms with van der Waals surface area (Å²) < 4.78 is 0. The van der Waals surface area contributed by atoms with Crippen molar-refractivity contribution in [3.63, 3.8) is 0 Å². The molecule has 0 bridgehead atoms. The Morgan fingerprint density at radius 1 is 0.794 bits per heavy atom. The van der Waals surface area contributed by atoms with Gasteiger partial charge in [-0.25, -0.2) is 4.79 Å². The fraction of sp³-hybridized carbons (Fsp3) is 0.583. The van der Waals surface area contributed by atoms with E-state index in [1.54, 1.807) is 12.1 Å². The molecule has 10 nitrogen and oxygen atoms in total. The van der Waals surface area contributed by atoms with Crippen LogP contribution in [0.5, 0.6) is 5.75 Å². The van der Waals surface area contributed by atoms with Gasteiger partial charge in [0.1, 0.15) is 23.9 Å². The number of rotatable bonds is 13. The highest BCUT2D eigenvalue weighted by molar-refractivity contribution is 5.93. The molecule has 190 valence electrons. The fourth-order valence-corrected chi connectivity index (χ4v) is 3.34. The van der Waals surface area contributed by atoms with Crippen LogP contribution in [0.25, 0.3) is 0 Å². The molecule has 3 amide bonds. The van der Waals surface area contributed by atoms with Crippen LogP contribution >= 0.6 is 0 Å². The maximum absolute atomic E-state index is 12.8. The number of carboxylic acid groups (broad SMARTS) is 1. The first-order valence-corrected chi connectivity index (χ1v) is 11.5. The van der Waals surface area contributed by atoms with Crippen molar-refractivity contribution < 1.29 is 29.4 Å². The van der Waals surface area contributed by atoms with E-state index >= 15 is 0 Å². The van der Waals surface area contributed by atoms with Gasteiger partial charge in [-0.05, 0) is 49.3 Å². The summed E-state index contributed by atoms with van der Waals surface area (Å²) >= 11 is 0. The van der Waals surface area contributed by atoms with E-state index in [-0.39, 0.29) is 24.0 Å². The second-order valence-corrected chi connectivity index (χ2v) is 9.43. The highest BCUT2D eigenvalue weighted by Crippen LogP contribution is 2.12. The van der Waals surface area contributed by atoms with Crippen LogP contribution < -0.4 is 21.7 Å². The number of carboxylic acids is 1. The van der Waals surface area contributed by atoms with Gasteiger partial charge in [-0.2, -0.15) is 0 Å². The summed E-state index contributed by atoms with van der Waals surface area (Å²) in [5.74, 6) is -2.55. The molecule has 0 aromatic heterocycles. The smallest absolute Gasteiger partial charge is 0.326 e. The Hall–Kier alpha value is -3.14. The van der Waals surface area contributed by atoms with Crippen molar-refractivity contribution in [2.24, 2.45) is 17.6 Å². The summed E-state index contributed by atoms with van der Waals surface area (Å²) in [4.78, 5) is 49.5. The van der Waals surface area contributed by atoms with E-state index < -0.39 is 47.9 Å². The van der Waals surface area contributed by atoms with Gasteiger partial charge < -0.3 is 31.9 Å². The largest absolute Gasteiger partial charge is 0.508 e. The lowest BCUT2D eigenvalue weighted by Crippen LogP contribution is -2.56. The van der Waals surface area contributed by atoms with Gasteiger partial charge in [0.15, 0.2) is 0 Å². The predicted octanol–water partition coefficient (Wildman–Crippen LogP) is 0.913. The lowest BCUT2D eigenvalue weighted by atomic mass is 10.0. The minimum Gasteiger partial charge on any atom is -0.508 e. The maximum atomic E-state index is 12.8. The molecule has 0 aliphatic carbocycles. The number of phenols is 1. The lowest BCUT2D eigenvalue weighted by Gasteiger charge is -2.25. The first-order valence-electron chi connectivity index (χ1n) is 11.5. The van der Waals surface area contributed by atoms with Gasteiger partial charge in [0.25, 0.3) is 0 Å². The Labute approximate surface area is 200 Å². The molecule has 1 aromatic carbocycles. The second-order valence-electron chi connectivity index (χ2n) is 9.43. The average Bonchev–Trinajstić information content (AvgIpc) is 2.73. The van der Waals surface area contributed by atoms with Crippen molar-refractivity contribution in [2.75, 3.05) is 0 Å². The van der Waals surface area contributed by atoms with Gasteiger partial charge in [0.2, 0.25) is 17.7 Å². The van der Waals surface area contributed by atoms with Crippen molar-refractivity contribution >= 4 is 23.7 Å². The maximum Gasteiger partial charge on any atom is 0.326 e. The van der Waals surface area contributed by atoms with Crippen LogP contribution in [0.2, 0.25) is 0 Å². The minimum absolute atomic E-state index is 0.00178. The van der Waals surface area contributed by atoms with E-state index in [1.165, 1.54) is 19.1 Å². The van der Waals surface area contributed by atoms with Crippen molar-refractivity contribution in [3.8, 4) is 5.75 Å². The quantitative estimate of drug-likeness (QED) is 0.245. The van der Waals surface area contributed by atoms with Gasteiger partial charge in [0, 0.05) is 6.42 Å². The summed E-state index contributed by atoms with van der Waals surface area (Å²) in [6.45, 7) is 9.12. The standard InChI is InChI=1S/C24H38N4O6/c1-13(2)10-18(25)22(31)27-19(11-14(3)4)23(32)26-15(5)21(30)28-20(24(33)34)12-16-6-8-17(29)9-7-16/h6-9,13-15,18-20,29H,10-12,25H2,1-5H3,(H,26,32)(H,27,31)(H,28,30)(H,33,34). The first-order chi connectivity index (χ1) is 15.8. The number of benzene rings is 1. The first kappa shape index (κ1) is 28.9. The van der Waals surface area contributed by atoms with Crippen molar-refractivity contribution in [1.29, 1.82) is 0 Å². The molecule has 0 fully saturated rings. The molecule has 0 heterocycles. The fourth-order valence-electron chi connectivity index (χ4n) is 3.34. The molecule has 1 aromatic rings. The highest BCUT2D eigenvalue weighted by Gasteiger charge is 2.29. The zero-order valence-electron chi connectivity index (χ0n) is 20.5. The Bertz CT molecular complexity index is 840. The average molecular weight is 479 g/mol. The van der Waals surface area contributed by atoms with Crippen molar-refractivity contribution in [1.82, 2.24) is 16.0 Å². The number of amides is 3. The van der Waals surface area contributed by atoms with Crippen molar-refractivity contribution in [3.05, 3.63) is 29.8 Å². The zero-order valence-corrected chi connectivity index (χ0v) is 20.5. The number of phenolic OH excluding ortho intramolecular Hbond substituents is 1. The summed E-state index contributed by atoms with van der Waals surface area (Å²) in [5, 5.41) is 26.5. The van der Waals surface area contributed by atoms with Gasteiger partial charge in [0.05, 0.1) is 6.04 Å². The van der Waals surface area contributed by atoms with Gasteiger partial charge in [-0.1, -0.05) is 39.8 Å². The molecule has 0 aliphatic heterocycles. The van der Waals surface area contributed by atoms with E-state index in [2.05, 4.69) is 16.0 Å². The molecule has 0 saturated carbocycles. The number of hydrogen-bond acceptors (Lipinski definition) is 6. The minimum atomic E-state index is -1.23. The molecule has 0 saturated heterocycles. The Morgan fingerprint density at radius 3 is 1.82 bits per heavy atom. The predicted molar refractivity (Wildman–Crippen MR) is 128 cm³/mol. The summed E-state index contributed by atoms with van der Waals surface area (Å²) in [7, 11) is 0. The van der Waals surface area contributed by atoms with Crippen LogP contribution in [-0.4, -0.2) is 58.1 Å². The molecule has 10 heteroatoms. The van der Waals surface area contributed by atoms with E-state index in [0.717, 1.165) is 0 Å². The third-order valence-corrected chi connectivity index (χ3v) is 5.14. The Morgan fingerprint density at radius 2 is 1.32 bits per heavy atom. The van der Waals surface area contributed by atoms with Crippen LogP contribution in [0.3, 0.4) is 0 Å². The zero-order chi connectivity index (χ0) is 26.0. The van der Waals surface area contributed by atoms with Crippen LogP contribution in [0, 0.1) is 11.8 Å². The Balaban J connectivity index is 2.79. The number of carbonyl (C=O) groups is 4. The summed E-state index contributed by atoms with van der Waals surface area (Å²) in [5.41, 5.74) is 6.53. The van der Waals surface area contributed by atoms with Crippen LogP contribution in [0.4, 0.5) is 0 Å². The molecule has 4 unspecified atom stereocenters. The molecule has 0 aliphatic rings. The number of aliphatic carboxylic acids is 1.